The SMILES string of the molecule is CCCC(C)Oc1cc(-n2nc(C(C)(C)O)n(C)c2=O)c(F)cc1C(=O)NC(CC)CC. The van der Waals surface area contributed by atoms with Crippen LogP contribution < -0.4 is 15.7 Å². The first kappa shape index (κ1) is 25.6. The van der Waals surface area contributed by atoms with E-state index in [1.54, 1.807) is 0 Å². The zero-order chi connectivity index (χ0) is 24.2. The molecule has 1 heterocycles. The quantitative estimate of drug-likeness (QED) is 0.578. The molecule has 0 radical (unpaired) electrons. The molecule has 0 bridgehead atoms. The zero-order valence-corrected chi connectivity index (χ0v) is 20.0. The van der Waals surface area contributed by atoms with Crippen molar-refractivity contribution >= 4 is 5.91 Å². The van der Waals surface area contributed by atoms with Crippen molar-refractivity contribution in [3.05, 3.63) is 39.8 Å². The molecule has 2 aromatic rings. The molecule has 0 fully saturated rings. The predicted octanol–water partition coefficient (Wildman–Crippen LogP) is 3.42. The number of hydrogen-bond donors (Lipinski definition) is 2. The standard InChI is InChI=1S/C23H35FN4O4/c1-8-11-14(4)32-19-13-18(28-22(30)27(7)21(26-28)23(5,6)31)17(24)12-16(19)20(29)25-15(9-2)10-3/h12-15,31H,8-11H2,1-7H3,(H,25,29). The summed E-state index contributed by atoms with van der Waals surface area (Å²) >= 11 is 0. The number of aromatic nitrogens is 3. The second-order valence-electron chi connectivity index (χ2n) is 8.64. The van der Waals surface area contributed by atoms with Crippen molar-refractivity contribution in [2.45, 2.75) is 85.0 Å². The molecule has 0 aliphatic carbocycles. The van der Waals surface area contributed by atoms with E-state index in [-0.39, 0.29) is 35.0 Å². The molecule has 2 rings (SSSR count). The molecule has 9 heteroatoms. The number of carbonyl (C=O) groups is 1. The highest BCUT2D eigenvalue weighted by Crippen LogP contribution is 2.28. The van der Waals surface area contributed by atoms with Crippen LogP contribution in [-0.2, 0) is 12.6 Å². The maximum absolute atomic E-state index is 15.2. The van der Waals surface area contributed by atoms with Crippen LogP contribution in [0.5, 0.6) is 5.75 Å². The Morgan fingerprint density at radius 1 is 1.28 bits per heavy atom. The average molecular weight is 451 g/mol. The molecule has 178 valence electrons. The summed E-state index contributed by atoms with van der Waals surface area (Å²) in [5.41, 5.74) is -2.12. The third kappa shape index (κ3) is 5.56. The molecular formula is C23H35FN4O4. The van der Waals surface area contributed by atoms with Crippen molar-refractivity contribution < 1.29 is 19.0 Å². The van der Waals surface area contributed by atoms with Gasteiger partial charge in [0, 0.05) is 19.2 Å². The number of aliphatic hydroxyl groups is 1. The molecule has 32 heavy (non-hydrogen) atoms. The van der Waals surface area contributed by atoms with Crippen LogP contribution in [0.2, 0.25) is 0 Å². The van der Waals surface area contributed by atoms with E-state index in [1.807, 2.05) is 27.7 Å². The number of hydrogen-bond acceptors (Lipinski definition) is 5. The Labute approximate surface area is 188 Å². The van der Waals surface area contributed by atoms with Crippen molar-refractivity contribution in [1.29, 1.82) is 0 Å². The lowest BCUT2D eigenvalue weighted by Crippen LogP contribution is -2.34. The second-order valence-corrected chi connectivity index (χ2v) is 8.64. The molecule has 1 aromatic carbocycles. The Kier molecular flexibility index (Phi) is 8.23. The van der Waals surface area contributed by atoms with E-state index in [4.69, 9.17) is 4.74 Å². The summed E-state index contributed by atoms with van der Waals surface area (Å²) in [6, 6.07) is 2.36. The lowest BCUT2D eigenvalue weighted by atomic mass is 10.1. The van der Waals surface area contributed by atoms with Gasteiger partial charge >= 0.3 is 5.69 Å². The molecule has 0 aliphatic heterocycles. The summed E-state index contributed by atoms with van der Waals surface area (Å²) in [7, 11) is 1.45. The summed E-state index contributed by atoms with van der Waals surface area (Å²) in [6.07, 6.45) is 2.89. The lowest BCUT2D eigenvalue weighted by molar-refractivity contribution is 0.0649. The van der Waals surface area contributed by atoms with Gasteiger partial charge in [0.2, 0.25) is 0 Å². The number of amides is 1. The Bertz CT molecular complexity index is 1000. The van der Waals surface area contributed by atoms with Crippen molar-refractivity contribution in [3.63, 3.8) is 0 Å². The Morgan fingerprint density at radius 2 is 1.91 bits per heavy atom. The highest BCUT2D eigenvalue weighted by atomic mass is 19.1. The number of benzene rings is 1. The van der Waals surface area contributed by atoms with Crippen LogP contribution in [0.1, 0.15) is 83.4 Å². The van der Waals surface area contributed by atoms with Gasteiger partial charge < -0.3 is 15.2 Å². The second kappa shape index (κ2) is 10.3. The number of rotatable bonds is 10. The van der Waals surface area contributed by atoms with Gasteiger partial charge in [0.05, 0.1) is 11.7 Å². The average Bonchev–Trinajstić information content (AvgIpc) is 3.02. The normalized spacial score (nSPS) is 12.8. The first-order valence-electron chi connectivity index (χ1n) is 11.1. The van der Waals surface area contributed by atoms with Crippen LogP contribution in [-0.4, -0.2) is 37.5 Å². The van der Waals surface area contributed by atoms with Gasteiger partial charge in [0.25, 0.3) is 5.91 Å². The van der Waals surface area contributed by atoms with E-state index >= 15 is 4.39 Å². The topological polar surface area (TPSA) is 98.4 Å². The number of nitrogens with one attached hydrogen (secondary N) is 1. The highest BCUT2D eigenvalue weighted by molar-refractivity contribution is 5.97. The van der Waals surface area contributed by atoms with Gasteiger partial charge in [-0.2, -0.15) is 4.68 Å². The van der Waals surface area contributed by atoms with Crippen LogP contribution >= 0.6 is 0 Å². The molecular weight excluding hydrogens is 415 g/mol. The number of ether oxygens (including phenoxy) is 1. The molecule has 0 saturated carbocycles. The molecule has 0 spiro atoms. The largest absolute Gasteiger partial charge is 0.490 e. The van der Waals surface area contributed by atoms with Crippen molar-refractivity contribution in [2.75, 3.05) is 0 Å². The van der Waals surface area contributed by atoms with Crippen LogP contribution in [0.4, 0.5) is 4.39 Å². The van der Waals surface area contributed by atoms with Crippen LogP contribution in [0.3, 0.4) is 0 Å². The summed E-state index contributed by atoms with van der Waals surface area (Å²) < 4.78 is 23.2. The first-order valence-corrected chi connectivity index (χ1v) is 11.1. The van der Waals surface area contributed by atoms with Crippen molar-refractivity contribution in [3.8, 4) is 11.4 Å². The predicted molar refractivity (Wildman–Crippen MR) is 121 cm³/mol. The van der Waals surface area contributed by atoms with E-state index in [0.717, 1.165) is 41.0 Å². The molecule has 2 N–H and O–H groups in total. The van der Waals surface area contributed by atoms with Crippen molar-refractivity contribution in [2.24, 2.45) is 7.05 Å². The molecule has 1 aromatic heterocycles. The summed E-state index contributed by atoms with van der Waals surface area (Å²) in [4.78, 5) is 25.6. The Balaban J connectivity index is 2.62. The van der Waals surface area contributed by atoms with Gasteiger partial charge in [0.15, 0.2) is 5.82 Å². The van der Waals surface area contributed by atoms with Crippen LogP contribution in [0, 0.1) is 5.82 Å². The van der Waals surface area contributed by atoms with Crippen LogP contribution in [0.15, 0.2) is 16.9 Å². The molecule has 8 nitrogen and oxygen atoms in total. The van der Waals surface area contributed by atoms with Gasteiger partial charge in [-0.3, -0.25) is 9.36 Å². The van der Waals surface area contributed by atoms with Gasteiger partial charge in [-0.1, -0.05) is 27.2 Å². The minimum absolute atomic E-state index is 0.0427. The van der Waals surface area contributed by atoms with Gasteiger partial charge in [-0.05, 0) is 46.1 Å². The molecule has 1 amide bonds. The maximum atomic E-state index is 15.2. The van der Waals surface area contributed by atoms with E-state index in [2.05, 4.69) is 10.4 Å². The van der Waals surface area contributed by atoms with Gasteiger partial charge in [-0.15, -0.1) is 5.10 Å². The fourth-order valence-electron chi connectivity index (χ4n) is 3.54. The monoisotopic (exact) mass is 450 g/mol. The maximum Gasteiger partial charge on any atom is 0.350 e. The fraction of sp³-hybridized carbons (Fsp3) is 0.609. The Hall–Kier alpha value is -2.68. The third-order valence-electron chi connectivity index (χ3n) is 5.39. The molecule has 1 unspecified atom stereocenters. The van der Waals surface area contributed by atoms with Gasteiger partial charge in [-0.25, -0.2) is 9.18 Å². The first-order chi connectivity index (χ1) is 14.9. The highest BCUT2D eigenvalue weighted by Gasteiger charge is 2.28. The van der Waals surface area contributed by atoms with Crippen LogP contribution in [0.25, 0.3) is 5.69 Å². The minimum atomic E-state index is -1.40. The fourth-order valence-corrected chi connectivity index (χ4v) is 3.54. The van der Waals surface area contributed by atoms with Crippen molar-refractivity contribution in [1.82, 2.24) is 19.7 Å². The summed E-state index contributed by atoms with van der Waals surface area (Å²) in [6.45, 7) is 10.8. The minimum Gasteiger partial charge on any atom is -0.490 e. The third-order valence-corrected chi connectivity index (χ3v) is 5.39. The molecule has 0 saturated heterocycles. The van der Waals surface area contributed by atoms with Gasteiger partial charge in [0.1, 0.15) is 22.9 Å². The zero-order valence-electron chi connectivity index (χ0n) is 20.0. The number of halogens is 1. The molecule has 0 aliphatic rings. The van der Waals surface area contributed by atoms with E-state index in [9.17, 15) is 14.7 Å². The summed E-state index contributed by atoms with van der Waals surface area (Å²) in [5, 5.41) is 17.3. The Morgan fingerprint density at radius 3 is 2.41 bits per heavy atom. The van der Waals surface area contributed by atoms with E-state index < -0.39 is 23.0 Å². The van der Waals surface area contributed by atoms with E-state index in [1.165, 1.54) is 27.0 Å². The molecule has 1 atom stereocenters. The number of carbonyl (C=O) groups excluding carboxylic acids is 1. The lowest BCUT2D eigenvalue weighted by Gasteiger charge is -2.20. The smallest absolute Gasteiger partial charge is 0.350 e. The summed E-state index contributed by atoms with van der Waals surface area (Å²) in [5.74, 6) is -0.974. The number of nitrogens with zero attached hydrogens (tertiary/aromatic N) is 3. The van der Waals surface area contributed by atoms with E-state index in [0.29, 0.717) is 0 Å².